The minimum Gasteiger partial charge on any atom is -0.273 e. The Bertz CT molecular complexity index is 733. The molecular weight excluding hydrogens is 302 g/mol. The van der Waals surface area contributed by atoms with E-state index >= 15 is 0 Å². The third kappa shape index (κ3) is 4.37. The van der Waals surface area contributed by atoms with Crippen molar-refractivity contribution in [2.75, 3.05) is 0 Å². The van der Waals surface area contributed by atoms with Gasteiger partial charge in [0.1, 0.15) is 0 Å². The molecule has 0 unspecified atom stereocenters. The van der Waals surface area contributed by atoms with Crippen molar-refractivity contribution in [2.24, 2.45) is 0 Å². The highest BCUT2D eigenvalue weighted by Crippen LogP contribution is 2.11. The first kappa shape index (κ1) is 15.7. The number of aryl methyl sites for hydroxylation is 2. The summed E-state index contributed by atoms with van der Waals surface area (Å²) in [7, 11) is -3.60. The second-order valence-corrected chi connectivity index (χ2v) is 7.18. The number of thiocarbonyl (C=S) groups is 1. The average molecular weight is 319 g/mol. The van der Waals surface area contributed by atoms with Crippen LogP contribution in [0.4, 0.5) is 0 Å². The maximum Gasteiger partial charge on any atom is 0.262 e. The van der Waals surface area contributed by atoms with Gasteiger partial charge < -0.3 is 0 Å². The van der Waals surface area contributed by atoms with Crippen molar-refractivity contribution in [1.29, 1.82) is 0 Å². The molecule has 0 aromatic heterocycles. The quantitative estimate of drug-likeness (QED) is 0.881. The Morgan fingerprint density at radius 1 is 0.952 bits per heavy atom. The third-order valence-electron chi connectivity index (χ3n) is 3.06. The summed E-state index contributed by atoms with van der Waals surface area (Å²) < 4.78 is 26.9. The molecule has 0 heterocycles. The average Bonchev–Trinajstić information content (AvgIpc) is 2.41. The molecule has 0 radical (unpaired) electrons. The van der Waals surface area contributed by atoms with Crippen molar-refractivity contribution < 1.29 is 8.42 Å². The van der Waals surface area contributed by atoms with Crippen LogP contribution in [-0.4, -0.2) is 13.4 Å². The fraction of sp³-hybridized carbons (Fsp3) is 0.188. The minimum atomic E-state index is -3.60. The van der Waals surface area contributed by atoms with E-state index in [0.717, 1.165) is 16.7 Å². The first-order valence-corrected chi connectivity index (χ1v) is 8.44. The van der Waals surface area contributed by atoms with Crippen LogP contribution in [0.1, 0.15) is 16.7 Å². The zero-order chi connectivity index (χ0) is 15.5. The molecule has 2 rings (SSSR count). The van der Waals surface area contributed by atoms with Crippen molar-refractivity contribution in [2.45, 2.75) is 25.2 Å². The van der Waals surface area contributed by atoms with Gasteiger partial charge in [-0.2, -0.15) is 0 Å². The number of hydrogen-bond donors (Lipinski definition) is 1. The molecule has 1 N–H and O–H groups in total. The summed E-state index contributed by atoms with van der Waals surface area (Å²) in [5.41, 5.74) is 3.15. The standard InChI is InChI=1S/C16H17NO2S2/c1-12-3-7-14(8-4-12)11-16(20)17-21(18,19)15-9-5-13(2)6-10-15/h3-10H,11H2,1-2H3,(H,17,20). The van der Waals surface area contributed by atoms with Gasteiger partial charge in [0.25, 0.3) is 10.0 Å². The first-order chi connectivity index (χ1) is 9.87. The van der Waals surface area contributed by atoms with E-state index in [2.05, 4.69) is 4.72 Å². The summed E-state index contributed by atoms with van der Waals surface area (Å²) in [6, 6.07) is 14.5. The van der Waals surface area contributed by atoms with Gasteiger partial charge in [0, 0.05) is 6.42 Å². The Labute approximate surface area is 131 Å². The highest BCUT2D eigenvalue weighted by Gasteiger charge is 2.15. The van der Waals surface area contributed by atoms with Gasteiger partial charge in [-0.25, -0.2) is 8.42 Å². The van der Waals surface area contributed by atoms with Crippen LogP contribution in [-0.2, 0) is 16.4 Å². The fourth-order valence-electron chi connectivity index (χ4n) is 1.85. The summed E-state index contributed by atoms with van der Waals surface area (Å²) in [6.07, 6.45) is 0.403. The van der Waals surface area contributed by atoms with Crippen LogP contribution in [0.5, 0.6) is 0 Å². The summed E-state index contributed by atoms with van der Waals surface area (Å²) in [5.74, 6) is 0. The SMILES string of the molecule is Cc1ccc(CC(=S)NS(=O)(=O)c2ccc(C)cc2)cc1. The lowest BCUT2D eigenvalue weighted by atomic mass is 10.1. The lowest BCUT2D eigenvalue weighted by molar-refractivity contribution is 0.592. The smallest absolute Gasteiger partial charge is 0.262 e. The van der Waals surface area contributed by atoms with Gasteiger partial charge in [-0.05, 0) is 31.5 Å². The van der Waals surface area contributed by atoms with Gasteiger partial charge in [-0.1, -0.05) is 59.7 Å². The molecule has 2 aromatic rings. The zero-order valence-corrected chi connectivity index (χ0v) is 13.6. The van der Waals surface area contributed by atoms with Gasteiger partial charge in [0.2, 0.25) is 0 Å². The largest absolute Gasteiger partial charge is 0.273 e. The van der Waals surface area contributed by atoms with E-state index in [1.165, 1.54) is 0 Å². The summed E-state index contributed by atoms with van der Waals surface area (Å²) in [6.45, 7) is 3.91. The van der Waals surface area contributed by atoms with Crippen molar-refractivity contribution >= 4 is 27.2 Å². The van der Waals surface area contributed by atoms with Crippen LogP contribution in [0.25, 0.3) is 0 Å². The number of nitrogens with one attached hydrogen (secondary N) is 1. The molecule has 21 heavy (non-hydrogen) atoms. The molecule has 0 saturated carbocycles. The predicted molar refractivity (Wildman–Crippen MR) is 89.0 cm³/mol. The van der Waals surface area contributed by atoms with Crippen molar-refractivity contribution in [1.82, 2.24) is 4.72 Å². The molecule has 0 aliphatic carbocycles. The Morgan fingerprint density at radius 3 is 1.95 bits per heavy atom. The maximum atomic E-state index is 12.2. The molecule has 0 spiro atoms. The molecule has 0 fully saturated rings. The van der Waals surface area contributed by atoms with E-state index in [1.54, 1.807) is 24.3 Å². The molecule has 0 amide bonds. The van der Waals surface area contributed by atoms with Crippen LogP contribution in [0.3, 0.4) is 0 Å². The highest BCUT2D eigenvalue weighted by molar-refractivity contribution is 7.91. The minimum absolute atomic E-state index is 0.222. The summed E-state index contributed by atoms with van der Waals surface area (Å²) >= 11 is 5.15. The molecule has 110 valence electrons. The van der Waals surface area contributed by atoms with E-state index in [0.29, 0.717) is 11.4 Å². The Morgan fingerprint density at radius 2 is 1.43 bits per heavy atom. The van der Waals surface area contributed by atoms with E-state index in [9.17, 15) is 8.42 Å². The van der Waals surface area contributed by atoms with Gasteiger partial charge >= 0.3 is 0 Å². The zero-order valence-electron chi connectivity index (χ0n) is 12.0. The highest BCUT2D eigenvalue weighted by atomic mass is 32.2. The molecule has 0 bridgehead atoms. The number of sulfonamides is 1. The third-order valence-corrected chi connectivity index (χ3v) is 4.85. The molecule has 0 saturated heterocycles. The normalized spacial score (nSPS) is 11.1. The predicted octanol–water partition coefficient (Wildman–Crippen LogP) is 3.15. The summed E-state index contributed by atoms with van der Waals surface area (Å²) in [5, 5.41) is 0. The molecule has 3 nitrogen and oxygen atoms in total. The molecule has 0 atom stereocenters. The molecule has 5 heteroatoms. The van der Waals surface area contributed by atoms with Gasteiger partial charge in [-0.15, -0.1) is 0 Å². The lowest BCUT2D eigenvalue weighted by Crippen LogP contribution is -2.30. The topological polar surface area (TPSA) is 46.2 Å². The van der Waals surface area contributed by atoms with Gasteiger partial charge in [0.05, 0.1) is 9.88 Å². The van der Waals surface area contributed by atoms with Gasteiger partial charge in [0.15, 0.2) is 0 Å². The van der Waals surface area contributed by atoms with E-state index < -0.39 is 10.0 Å². The van der Waals surface area contributed by atoms with Crippen LogP contribution in [0.15, 0.2) is 53.4 Å². The van der Waals surface area contributed by atoms with E-state index in [1.807, 2.05) is 38.1 Å². The monoisotopic (exact) mass is 319 g/mol. The van der Waals surface area contributed by atoms with Crippen molar-refractivity contribution in [3.63, 3.8) is 0 Å². The van der Waals surface area contributed by atoms with Gasteiger partial charge in [-0.3, -0.25) is 4.72 Å². The fourth-order valence-corrected chi connectivity index (χ4v) is 3.33. The molecule has 0 aliphatic heterocycles. The molecule has 2 aromatic carbocycles. The van der Waals surface area contributed by atoms with E-state index in [-0.39, 0.29) is 4.90 Å². The number of benzene rings is 2. The molecular formula is C16H17NO2S2. The van der Waals surface area contributed by atoms with Crippen molar-refractivity contribution in [3.8, 4) is 0 Å². The van der Waals surface area contributed by atoms with Crippen LogP contribution in [0, 0.1) is 13.8 Å². The molecule has 0 aliphatic rings. The van der Waals surface area contributed by atoms with Crippen molar-refractivity contribution in [3.05, 3.63) is 65.2 Å². The number of rotatable bonds is 4. The first-order valence-electron chi connectivity index (χ1n) is 6.55. The second kappa shape index (κ2) is 6.37. The van der Waals surface area contributed by atoms with Crippen LogP contribution < -0.4 is 4.72 Å². The lowest BCUT2D eigenvalue weighted by Gasteiger charge is -2.09. The van der Waals surface area contributed by atoms with Crippen LogP contribution in [0.2, 0.25) is 0 Å². The Hall–Kier alpha value is -1.72. The Kier molecular flexibility index (Phi) is 4.75. The maximum absolute atomic E-state index is 12.2. The Balaban J connectivity index is 2.07. The van der Waals surface area contributed by atoms with E-state index in [4.69, 9.17) is 12.2 Å². The summed E-state index contributed by atoms with van der Waals surface area (Å²) in [4.78, 5) is 0.513. The number of hydrogen-bond acceptors (Lipinski definition) is 3. The second-order valence-electron chi connectivity index (χ2n) is 5.00. The van der Waals surface area contributed by atoms with Crippen LogP contribution >= 0.6 is 12.2 Å².